The molecule has 8 nitrogen and oxygen atoms in total. The number of likely N-dealkylation sites (tertiary alicyclic amines) is 1. The summed E-state index contributed by atoms with van der Waals surface area (Å²) in [4.78, 5) is 14.3. The zero-order chi connectivity index (χ0) is 17.9. The van der Waals surface area contributed by atoms with Crippen molar-refractivity contribution >= 4 is 16.1 Å². The third kappa shape index (κ3) is 3.44. The Hall–Kier alpha value is -0.740. The molecule has 5 rings (SSSR count). The Balaban J connectivity index is 1.47. The molecule has 0 aromatic heterocycles. The molecule has 0 spiro atoms. The van der Waals surface area contributed by atoms with Crippen LogP contribution in [0.2, 0.25) is 0 Å². The number of nitrogens with two attached hydrogens (primary N) is 2. The van der Waals surface area contributed by atoms with Crippen molar-refractivity contribution in [3.63, 3.8) is 0 Å². The van der Waals surface area contributed by atoms with Crippen LogP contribution in [0.5, 0.6) is 0 Å². The SMILES string of the molecule is N[C@@H]1CCCN1C(=O)CNC12CC3CC(C1)CC(NS(N)(=O)=O)(C3)C2. The van der Waals surface area contributed by atoms with Crippen LogP contribution in [-0.2, 0) is 15.0 Å². The van der Waals surface area contributed by atoms with Crippen LogP contribution in [0, 0.1) is 11.8 Å². The second kappa shape index (κ2) is 5.88. The lowest BCUT2D eigenvalue weighted by Crippen LogP contribution is -2.70. The number of nitrogens with one attached hydrogen (secondary N) is 2. The number of hydrogen-bond donors (Lipinski definition) is 4. The monoisotopic (exact) mass is 371 g/mol. The van der Waals surface area contributed by atoms with Gasteiger partial charge in [-0.2, -0.15) is 13.1 Å². The van der Waals surface area contributed by atoms with E-state index in [1.54, 1.807) is 4.90 Å². The van der Waals surface area contributed by atoms with Crippen molar-refractivity contribution in [3.05, 3.63) is 0 Å². The largest absolute Gasteiger partial charge is 0.326 e. The van der Waals surface area contributed by atoms with Gasteiger partial charge in [-0.3, -0.25) is 4.79 Å². The summed E-state index contributed by atoms with van der Waals surface area (Å²) >= 11 is 0. The summed E-state index contributed by atoms with van der Waals surface area (Å²) in [6, 6.07) is 0. The first-order valence-corrected chi connectivity index (χ1v) is 10.8. The molecule has 4 bridgehead atoms. The van der Waals surface area contributed by atoms with Crippen LogP contribution in [0.3, 0.4) is 0 Å². The van der Waals surface area contributed by atoms with E-state index in [0.717, 1.165) is 51.5 Å². The Morgan fingerprint density at radius 2 is 1.80 bits per heavy atom. The second-order valence-electron chi connectivity index (χ2n) is 8.82. The van der Waals surface area contributed by atoms with E-state index in [4.69, 9.17) is 10.9 Å². The van der Waals surface area contributed by atoms with Crippen molar-refractivity contribution in [1.29, 1.82) is 0 Å². The van der Waals surface area contributed by atoms with Crippen molar-refractivity contribution in [1.82, 2.24) is 14.9 Å². The lowest BCUT2D eigenvalue weighted by atomic mass is 9.50. The van der Waals surface area contributed by atoms with Gasteiger partial charge in [0.15, 0.2) is 0 Å². The maximum absolute atomic E-state index is 12.5. The summed E-state index contributed by atoms with van der Waals surface area (Å²) in [7, 11) is -3.73. The minimum atomic E-state index is -3.73. The molecule has 25 heavy (non-hydrogen) atoms. The van der Waals surface area contributed by atoms with Gasteiger partial charge in [0.25, 0.3) is 10.2 Å². The Kier molecular flexibility index (Phi) is 4.16. The van der Waals surface area contributed by atoms with Crippen molar-refractivity contribution in [3.8, 4) is 0 Å². The Morgan fingerprint density at radius 1 is 1.16 bits per heavy atom. The van der Waals surface area contributed by atoms with Crippen LogP contribution in [0.1, 0.15) is 51.4 Å². The van der Waals surface area contributed by atoms with E-state index >= 15 is 0 Å². The highest BCUT2D eigenvalue weighted by Crippen LogP contribution is 2.57. The van der Waals surface area contributed by atoms with Crippen LogP contribution < -0.4 is 20.9 Å². The second-order valence-corrected chi connectivity index (χ2v) is 10.1. The first kappa shape index (κ1) is 17.7. The molecule has 0 aromatic carbocycles. The van der Waals surface area contributed by atoms with Gasteiger partial charge in [-0.1, -0.05) is 0 Å². The highest BCUT2D eigenvalue weighted by atomic mass is 32.2. The molecular weight excluding hydrogens is 342 g/mol. The predicted octanol–water partition coefficient (Wildman–Crippen LogP) is -0.632. The molecule has 1 heterocycles. The third-order valence-corrected chi connectivity index (χ3v) is 7.37. The number of carbonyl (C=O) groups excluding carboxylic acids is 1. The normalized spacial score (nSPS) is 43.0. The molecule has 4 saturated carbocycles. The fourth-order valence-corrected chi connectivity index (χ4v) is 7.20. The summed E-state index contributed by atoms with van der Waals surface area (Å²) in [5.41, 5.74) is 5.38. The molecule has 6 N–H and O–H groups in total. The van der Waals surface area contributed by atoms with Crippen molar-refractivity contribution < 1.29 is 13.2 Å². The van der Waals surface area contributed by atoms with Crippen molar-refractivity contribution in [2.75, 3.05) is 13.1 Å². The summed E-state index contributed by atoms with van der Waals surface area (Å²) in [5, 5.41) is 8.80. The molecular formula is C16H29N5O3S. The standard InChI is InChI=1S/C16H29N5O3S/c17-13-2-1-3-21(13)14(22)9-19-15-5-11-4-12(6-15)8-16(7-11,10-15)20-25(18,23)24/h11-13,19-20H,1-10,17H2,(H2,18,23,24)/t11?,12?,13-,15?,16?/m0/s1. The highest BCUT2D eigenvalue weighted by molar-refractivity contribution is 7.87. The lowest BCUT2D eigenvalue weighted by Gasteiger charge is -2.62. The van der Waals surface area contributed by atoms with E-state index in [2.05, 4.69) is 10.0 Å². The Labute approximate surface area is 149 Å². The van der Waals surface area contributed by atoms with Gasteiger partial charge in [0.1, 0.15) is 0 Å². The van der Waals surface area contributed by atoms with Gasteiger partial charge in [-0.15, -0.1) is 0 Å². The van der Waals surface area contributed by atoms with Gasteiger partial charge in [-0.25, -0.2) is 5.14 Å². The molecule has 5 aliphatic rings. The number of amides is 1. The van der Waals surface area contributed by atoms with Gasteiger partial charge in [0.2, 0.25) is 5.91 Å². The van der Waals surface area contributed by atoms with E-state index in [9.17, 15) is 13.2 Å². The van der Waals surface area contributed by atoms with Gasteiger partial charge >= 0.3 is 0 Å². The Bertz CT molecular complexity index is 653. The topological polar surface area (TPSA) is 131 Å². The van der Waals surface area contributed by atoms with Gasteiger partial charge in [0.05, 0.1) is 12.7 Å². The molecule has 2 unspecified atom stereocenters. The minimum absolute atomic E-state index is 0.0502. The first-order valence-electron chi connectivity index (χ1n) is 9.29. The fourth-order valence-electron chi connectivity index (χ4n) is 6.36. The molecule has 0 aromatic rings. The molecule has 142 valence electrons. The van der Waals surface area contributed by atoms with Crippen LogP contribution in [-0.4, -0.2) is 49.6 Å². The molecule has 4 aliphatic carbocycles. The fraction of sp³-hybridized carbons (Fsp3) is 0.938. The number of carbonyl (C=O) groups is 1. The first-order chi connectivity index (χ1) is 11.7. The summed E-state index contributed by atoms with van der Waals surface area (Å²) in [6.07, 6.45) is 7.26. The summed E-state index contributed by atoms with van der Waals surface area (Å²) < 4.78 is 26.1. The summed E-state index contributed by atoms with van der Waals surface area (Å²) in [5.74, 6) is 1.04. The van der Waals surface area contributed by atoms with Crippen molar-refractivity contribution in [2.45, 2.75) is 68.6 Å². The molecule has 0 radical (unpaired) electrons. The zero-order valence-corrected chi connectivity index (χ0v) is 15.4. The third-order valence-electron chi connectivity index (χ3n) is 6.65. The molecule has 1 amide bonds. The zero-order valence-electron chi connectivity index (χ0n) is 14.5. The van der Waals surface area contributed by atoms with E-state index < -0.39 is 15.7 Å². The van der Waals surface area contributed by atoms with E-state index in [1.165, 1.54) is 0 Å². The minimum Gasteiger partial charge on any atom is -0.326 e. The quantitative estimate of drug-likeness (QED) is 0.511. The average molecular weight is 372 g/mol. The molecule has 5 fully saturated rings. The van der Waals surface area contributed by atoms with E-state index in [1.807, 2.05) is 0 Å². The molecule has 1 saturated heterocycles. The smallest absolute Gasteiger partial charge is 0.274 e. The van der Waals surface area contributed by atoms with Crippen LogP contribution in [0.4, 0.5) is 0 Å². The summed E-state index contributed by atoms with van der Waals surface area (Å²) in [6.45, 7) is 1.01. The lowest BCUT2D eigenvalue weighted by molar-refractivity contribution is -0.132. The number of rotatable bonds is 5. The Morgan fingerprint density at radius 3 is 2.36 bits per heavy atom. The highest BCUT2D eigenvalue weighted by Gasteiger charge is 2.58. The van der Waals surface area contributed by atoms with Crippen LogP contribution >= 0.6 is 0 Å². The van der Waals surface area contributed by atoms with Crippen LogP contribution in [0.15, 0.2) is 0 Å². The van der Waals surface area contributed by atoms with E-state index in [-0.39, 0.29) is 24.2 Å². The maximum Gasteiger partial charge on any atom is 0.274 e. The maximum atomic E-state index is 12.5. The van der Waals surface area contributed by atoms with Gasteiger partial charge < -0.3 is 16.0 Å². The van der Waals surface area contributed by atoms with Gasteiger partial charge in [-0.05, 0) is 63.2 Å². The molecule has 9 heteroatoms. The average Bonchev–Trinajstić information content (AvgIpc) is 2.87. The number of nitrogens with zero attached hydrogens (tertiary/aromatic N) is 1. The molecule has 1 aliphatic heterocycles. The van der Waals surface area contributed by atoms with E-state index in [0.29, 0.717) is 18.3 Å². The number of hydrogen-bond acceptors (Lipinski definition) is 5. The van der Waals surface area contributed by atoms with Gasteiger partial charge in [0, 0.05) is 17.6 Å². The van der Waals surface area contributed by atoms with Crippen LogP contribution in [0.25, 0.3) is 0 Å². The van der Waals surface area contributed by atoms with Crippen molar-refractivity contribution in [2.24, 2.45) is 22.7 Å². The predicted molar refractivity (Wildman–Crippen MR) is 93.3 cm³/mol. The molecule has 3 atom stereocenters.